The Morgan fingerprint density at radius 1 is 1.07 bits per heavy atom. The number of nitrogens with zero attached hydrogens (tertiary/aromatic N) is 4. The molecule has 4 aliphatic rings. The molecule has 2 aromatic rings. The molecule has 2 amide bonds. The first-order chi connectivity index (χ1) is 20.9. The second-order valence-electron chi connectivity index (χ2n) is 14.1. The molecule has 2 aliphatic heterocycles. The first-order valence-electron chi connectivity index (χ1n) is 15.8. The first kappa shape index (κ1) is 30.1. The number of carboxylic acid groups (broad SMARTS) is 1. The molecule has 6 rings (SSSR count). The number of carbonyl (C=O) groups excluding carboxylic acids is 2. The highest BCUT2D eigenvalue weighted by atomic mass is 16.6. The maximum absolute atomic E-state index is 14.1. The van der Waals surface area contributed by atoms with Crippen LogP contribution in [-0.4, -0.2) is 68.8 Å². The number of alkyl carbamates (subject to hydrolysis) is 1. The van der Waals surface area contributed by atoms with Gasteiger partial charge in [-0.2, -0.15) is 5.26 Å². The fourth-order valence-electron chi connectivity index (χ4n) is 7.54. The molecule has 2 N–H and O–H groups in total. The Morgan fingerprint density at radius 3 is 2.59 bits per heavy atom. The zero-order valence-electron chi connectivity index (χ0n) is 25.8. The Hall–Kier alpha value is -3.94. The van der Waals surface area contributed by atoms with E-state index >= 15 is 0 Å². The summed E-state index contributed by atoms with van der Waals surface area (Å²) in [6, 6.07) is 5.11. The van der Waals surface area contributed by atoms with Crippen LogP contribution in [0.4, 0.5) is 4.79 Å². The van der Waals surface area contributed by atoms with Crippen molar-refractivity contribution in [2.45, 2.75) is 96.9 Å². The van der Waals surface area contributed by atoms with Gasteiger partial charge in [0.1, 0.15) is 30.0 Å². The molecule has 234 valence electrons. The summed E-state index contributed by atoms with van der Waals surface area (Å²) in [5, 5.41) is 22.5. The number of nitriles is 1. The molecule has 0 spiro atoms. The number of aromatic nitrogens is 2. The van der Waals surface area contributed by atoms with Crippen LogP contribution in [0.15, 0.2) is 18.2 Å². The number of amides is 2. The number of ether oxygens (including phenoxy) is 2. The van der Waals surface area contributed by atoms with E-state index in [1.807, 2.05) is 20.8 Å². The molecule has 2 aliphatic carbocycles. The maximum atomic E-state index is 14.1. The van der Waals surface area contributed by atoms with E-state index in [1.54, 1.807) is 25.1 Å². The van der Waals surface area contributed by atoms with Crippen molar-refractivity contribution in [1.29, 1.82) is 5.26 Å². The standard InChI is InChI=1S/C33H41N5O6/c1-17-26-16-38(27(17)31(40)41)30(39)28(33(2,3)4)37-32(42)44-25-14-19-13-21(19)20(25)8-6-5-7-9-23-29(43-26)36-24-12-18(15-34)10-11-22(24)35-23/h10-12,17,19-21,25-28H,5-9,13-14,16H2,1-4H3,(H,37,42)(H,40,41)/t17-,19?,20-,21+,25-,26+,27+,28-/m1/s1. The Bertz CT molecular complexity index is 1510. The van der Waals surface area contributed by atoms with Gasteiger partial charge in [0.25, 0.3) is 0 Å². The summed E-state index contributed by atoms with van der Waals surface area (Å²) in [7, 11) is 0. The molecule has 1 unspecified atom stereocenters. The van der Waals surface area contributed by atoms with Crippen LogP contribution in [0, 0.1) is 40.4 Å². The van der Waals surface area contributed by atoms with Gasteiger partial charge in [-0.1, -0.05) is 40.5 Å². The highest BCUT2D eigenvalue weighted by molar-refractivity contribution is 5.90. The van der Waals surface area contributed by atoms with Crippen molar-refractivity contribution in [2.24, 2.45) is 29.1 Å². The summed E-state index contributed by atoms with van der Waals surface area (Å²) >= 11 is 0. The van der Waals surface area contributed by atoms with E-state index in [2.05, 4.69) is 11.4 Å². The van der Waals surface area contributed by atoms with Crippen LogP contribution in [0.5, 0.6) is 5.88 Å². The molecule has 2 saturated carbocycles. The highest BCUT2D eigenvalue weighted by Crippen LogP contribution is 2.57. The number of nitrogens with one attached hydrogen (secondary N) is 1. The molecule has 3 heterocycles. The Kier molecular flexibility index (Phi) is 7.89. The summed E-state index contributed by atoms with van der Waals surface area (Å²) in [6.45, 7) is 7.27. The Morgan fingerprint density at radius 2 is 1.86 bits per heavy atom. The van der Waals surface area contributed by atoms with Gasteiger partial charge in [0.05, 0.1) is 29.2 Å². The van der Waals surface area contributed by atoms with Crippen LogP contribution in [0.2, 0.25) is 0 Å². The third-order valence-electron chi connectivity index (χ3n) is 10.0. The van der Waals surface area contributed by atoms with Gasteiger partial charge in [0.2, 0.25) is 11.8 Å². The van der Waals surface area contributed by atoms with Crippen molar-refractivity contribution in [3.63, 3.8) is 0 Å². The fourth-order valence-corrected chi connectivity index (χ4v) is 7.54. The SMILES string of the molecule is C[C@@H]1[C@@H]2CN(C(=O)[C@H](C(C)(C)C)NC(=O)O[C@@H]3CC4C[C@@H]4[C@H]3CCCCCc3nc4ccc(C#N)cc4nc3O2)[C@@H]1C(=O)O. The van der Waals surface area contributed by atoms with Crippen molar-refractivity contribution in [2.75, 3.05) is 6.54 Å². The number of fused-ring (bicyclic) bond motifs is 7. The monoisotopic (exact) mass is 603 g/mol. The average Bonchev–Trinajstić information content (AvgIpc) is 3.53. The van der Waals surface area contributed by atoms with Crippen molar-refractivity contribution in [3.05, 3.63) is 29.5 Å². The van der Waals surface area contributed by atoms with Crippen LogP contribution in [0.25, 0.3) is 11.0 Å². The van der Waals surface area contributed by atoms with Crippen molar-refractivity contribution >= 4 is 29.0 Å². The fraction of sp³-hybridized carbons (Fsp3) is 0.636. The molecule has 0 radical (unpaired) electrons. The minimum atomic E-state index is -1.16. The van der Waals surface area contributed by atoms with Gasteiger partial charge < -0.3 is 24.8 Å². The number of carboxylic acids is 1. The summed E-state index contributed by atoms with van der Waals surface area (Å²) < 4.78 is 12.4. The molecule has 11 nitrogen and oxygen atoms in total. The lowest BCUT2D eigenvalue weighted by Gasteiger charge is -2.35. The van der Waals surface area contributed by atoms with E-state index in [0.717, 1.165) is 32.1 Å². The molecule has 1 saturated heterocycles. The van der Waals surface area contributed by atoms with Gasteiger partial charge in [-0.05, 0) is 73.5 Å². The predicted octanol–water partition coefficient (Wildman–Crippen LogP) is 4.46. The van der Waals surface area contributed by atoms with Gasteiger partial charge >= 0.3 is 12.1 Å². The third kappa shape index (κ3) is 5.78. The zero-order valence-corrected chi connectivity index (χ0v) is 25.8. The molecule has 1 aromatic carbocycles. The highest BCUT2D eigenvalue weighted by Gasteiger charge is 2.55. The number of hydrogen-bond acceptors (Lipinski definition) is 8. The molecular weight excluding hydrogens is 562 g/mol. The van der Waals surface area contributed by atoms with Crippen LogP contribution >= 0.6 is 0 Å². The van der Waals surface area contributed by atoms with Gasteiger partial charge in [0.15, 0.2) is 0 Å². The summed E-state index contributed by atoms with van der Waals surface area (Å²) in [4.78, 5) is 50.8. The second-order valence-corrected chi connectivity index (χ2v) is 14.1. The molecule has 44 heavy (non-hydrogen) atoms. The minimum absolute atomic E-state index is 0.00568. The number of aryl methyl sites for hydroxylation is 1. The van der Waals surface area contributed by atoms with E-state index in [9.17, 15) is 24.8 Å². The molecule has 3 fully saturated rings. The van der Waals surface area contributed by atoms with E-state index in [1.165, 1.54) is 11.3 Å². The summed E-state index contributed by atoms with van der Waals surface area (Å²) in [6.07, 6.45) is 4.96. The number of benzene rings is 1. The Balaban J connectivity index is 1.36. The number of carbonyl (C=O) groups is 3. The number of rotatable bonds is 1. The van der Waals surface area contributed by atoms with Crippen LogP contribution < -0.4 is 10.1 Å². The summed E-state index contributed by atoms with van der Waals surface area (Å²) in [5.41, 5.74) is 1.58. The number of hydrogen-bond donors (Lipinski definition) is 2. The van der Waals surface area contributed by atoms with Gasteiger partial charge in [0, 0.05) is 5.92 Å². The van der Waals surface area contributed by atoms with Crippen molar-refractivity contribution in [3.8, 4) is 11.9 Å². The third-order valence-corrected chi connectivity index (χ3v) is 10.0. The predicted molar refractivity (Wildman–Crippen MR) is 159 cm³/mol. The van der Waals surface area contributed by atoms with Crippen molar-refractivity contribution in [1.82, 2.24) is 20.2 Å². The van der Waals surface area contributed by atoms with E-state index in [0.29, 0.717) is 52.3 Å². The topological polar surface area (TPSA) is 155 Å². The lowest BCUT2D eigenvalue weighted by Crippen LogP contribution is -2.57. The van der Waals surface area contributed by atoms with E-state index in [-0.39, 0.29) is 12.6 Å². The average molecular weight is 604 g/mol. The molecule has 1 aromatic heterocycles. The smallest absolute Gasteiger partial charge is 0.408 e. The Labute approximate surface area is 257 Å². The van der Waals surface area contributed by atoms with Crippen molar-refractivity contribution < 1.29 is 29.0 Å². The quantitative estimate of drug-likeness (QED) is 0.481. The maximum Gasteiger partial charge on any atom is 0.408 e. The molecular formula is C33H41N5O6. The largest absolute Gasteiger partial charge is 0.480 e. The van der Waals surface area contributed by atoms with Crippen LogP contribution in [0.1, 0.15) is 77.5 Å². The summed E-state index contributed by atoms with van der Waals surface area (Å²) in [5.74, 6) is -0.422. The normalized spacial score (nSPS) is 32.6. The minimum Gasteiger partial charge on any atom is -0.480 e. The van der Waals surface area contributed by atoms with Gasteiger partial charge in [-0.25, -0.2) is 19.6 Å². The van der Waals surface area contributed by atoms with Crippen LogP contribution in [0.3, 0.4) is 0 Å². The van der Waals surface area contributed by atoms with Crippen LogP contribution in [-0.2, 0) is 20.7 Å². The molecule has 11 heteroatoms. The van der Waals surface area contributed by atoms with E-state index < -0.39 is 47.5 Å². The van der Waals surface area contributed by atoms with E-state index in [4.69, 9.17) is 19.4 Å². The molecule has 2 bridgehead atoms. The first-order valence-corrected chi connectivity index (χ1v) is 15.8. The second kappa shape index (κ2) is 11.5. The number of aliphatic carboxylic acids is 1. The lowest BCUT2D eigenvalue weighted by molar-refractivity contribution is -0.151. The van der Waals surface area contributed by atoms with Gasteiger partial charge in [-0.15, -0.1) is 0 Å². The molecule has 8 atom stereocenters. The zero-order chi connectivity index (χ0) is 31.3. The lowest BCUT2D eigenvalue weighted by atomic mass is 9.85. The van der Waals surface area contributed by atoms with Gasteiger partial charge in [-0.3, -0.25) is 4.79 Å².